The maximum Gasteiger partial charge on any atom is 0.264 e. The first-order valence-corrected chi connectivity index (χ1v) is 10.3. The largest absolute Gasteiger partial charge is 0.311 e. The van der Waals surface area contributed by atoms with Gasteiger partial charge in [-0.3, -0.25) is 9.52 Å². The zero-order valence-electron chi connectivity index (χ0n) is 12.1. The number of rotatable bonds is 4. The number of hydrogen-bond donors (Lipinski definition) is 1. The Hall–Kier alpha value is -0.990. The van der Waals surface area contributed by atoms with Gasteiger partial charge in [-0.25, -0.2) is 8.42 Å². The summed E-state index contributed by atoms with van der Waals surface area (Å²) in [6.45, 7) is 0.604. The van der Waals surface area contributed by atoms with Crippen molar-refractivity contribution in [3.05, 3.63) is 38.0 Å². The zero-order chi connectivity index (χ0) is 17.5. The van der Waals surface area contributed by atoms with Gasteiger partial charge in [0.05, 0.1) is 20.7 Å². The third-order valence-electron chi connectivity index (χ3n) is 3.48. The van der Waals surface area contributed by atoms with E-state index < -0.39 is 10.0 Å². The molecular formula is C14H11Cl3N2O3S2. The van der Waals surface area contributed by atoms with Crippen LogP contribution < -0.4 is 9.62 Å². The van der Waals surface area contributed by atoms with Crippen molar-refractivity contribution in [2.24, 2.45) is 0 Å². The number of hydrogen-bond acceptors (Lipinski definition) is 4. The van der Waals surface area contributed by atoms with Crippen LogP contribution in [-0.4, -0.2) is 20.9 Å². The van der Waals surface area contributed by atoms with Gasteiger partial charge in [0.2, 0.25) is 5.91 Å². The standard InChI is InChI=1S/C14H11Cl3N2O3S2/c15-9-6-8(3-4-10(9)19-5-1-2-13(19)20)18-24(21,22)11-7-12(16)23-14(11)17/h3-4,6-7,18H,1-2,5H2. The molecular weight excluding hydrogens is 415 g/mol. The first-order chi connectivity index (χ1) is 11.3. The Balaban J connectivity index is 1.87. The number of carbonyl (C=O) groups excluding carboxylic acids is 1. The van der Waals surface area contributed by atoms with Gasteiger partial charge in [0.15, 0.2) is 0 Å². The highest BCUT2D eigenvalue weighted by molar-refractivity contribution is 7.93. The van der Waals surface area contributed by atoms with E-state index in [1.54, 1.807) is 17.0 Å². The van der Waals surface area contributed by atoms with Crippen molar-refractivity contribution in [2.75, 3.05) is 16.2 Å². The summed E-state index contributed by atoms with van der Waals surface area (Å²) >= 11 is 18.9. The molecule has 1 aliphatic rings. The predicted octanol–water partition coefficient (Wildman–Crippen LogP) is 4.64. The summed E-state index contributed by atoms with van der Waals surface area (Å²) in [5.41, 5.74) is 0.840. The quantitative estimate of drug-likeness (QED) is 0.776. The van der Waals surface area contributed by atoms with Gasteiger partial charge in [-0.15, -0.1) is 11.3 Å². The van der Waals surface area contributed by atoms with Crippen LogP contribution >= 0.6 is 46.1 Å². The molecule has 0 spiro atoms. The maximum atomic E-state index is 12.4. The number of carbonyl (C=O) groups is 1. The topological polar surface area (TPSA) is 66.5 Å². The number of amides is 1. The van der Waals surface area contributed by atoms with Crippen molar-refractivity contribution >= 4 is 73.4 Å². The molecule has 1 aromatic heterocycles. The second-order valence-corrected chi connectivity index (χ2v) is 9.45. The third kappa shape index (κ3) is 3.50. The molecule has 1 N–H and O–H groups in total. The van der Waals surface area contributed by atoms with E-state index in [0.717, 1.165) is 17.8 Å². The van der Waals surface area contributed by atoms with Crippen LogP contribution in [0.1, 0.15) is 12.8 Å². The zero-order valence-corrected chi connectivity index (χ0v) is 16.0. The fourth-order valence-corrected chi connectivity index (χ4v) is 5.89. The summed E-state index contributed by atoms with van der Waals surface area (Å²) in [6.07, 6.45) is 1.27. The van der Waals surface area contributed by atoms with Crippen molar-refractivity contribution < 1.29 is 13.2 Å². The molecule has 1 fully saturated rings. The van der Waals surface area contributed by atoms with Crippen molar-refractivity contribution in [1.29, 1.82) is 0 Å². The lowest BCUT2D eigenvalue weighted by Gasteiger charge is -2.18. The number of benzene rings is 1. The van der Waals surface area contributed by atoms with Gasteiger partial charge < -0.3 is 4.90 Å². The van der Waals surface area contributed by atoms with Crippen molar-refractivity contribution in [1.82, 2.24) is 0 Å². The van der Waals surface area contributed by atoms with Crippen LogP contribution in [0, 0.1) is 0 Å². The van der Waals surface area contributed by atoms with E-state index >= 15 is 0 Å². The van der Waals surface area contributed by atoms with E-state index in [4.69, 9.17) is 34.8 Å². The molecule has 1 aromatic carbocycles. The Bertz CT molecular complexity index is 912. The number of nitrogens with one attached hydrogen (secondary N) is 1. The van der Waals surface area contributed by atoms with Gasteiger partial charge in [0.25, 0.3) is 10.0 Å². The molecule has 1 saturated heterocycles. The minimum atomic E-state index is -3.88. The summed E-state index contributed by atoms with van der Waals surface area (Å²) in [7, 11) is -3.88. The van der Waals surface area contributed by atoms with Crippen molar-refractivity contribution in [3.8, 4) is 0 Å². The lowest BCUT2D eigenvalue weighted by molar-refractivity contribution is -0.117. The van der Waals surface area contributed by atoms with E-state index in [1.807, 2.05) is 0 Å². The number of nitrogens with zero attached hydrogens (tertiary/aromatic N) is 1. The highest BCUT2D eigenvalue weighted by Gasteiger charge is 2.25. The van der Waals surface area contributed by atoms with Gasteiger partial charge in [-0.1, -0.05) is 34.8 Å². The molecule has 24 heavy (non-hydrogen) atoms. The fraction of sp³-hybridized carbons (Fsp3) is 0.214. The highest BCUT2D eigenvalue weighted by Crippen LogP contribution is 2.36. The summed E-state index contributed by atoms with van der Waals surface area (Å²) in [4.78, 5) is 13.3. The number of anilines is 2. The third-order valence-corrected chi connectivity index (χ3v) is 6.92. The summed E-state index contributed by atoms with van der Waals surface area (Å²) in [5, 5.41) is 0.292. The second-order valence-electron chi connectivity index (χ2n) is 5.11. The van der Waals surface area contributed by atoms with E-state index in [9.17, 15) is 13.2 Å². The maximum absolute atomic E-state index is 12.4. The SMILES string of the molecule is O=C1CCCN1c1ccc(NS(=O)(=O)c2cc(Cl)sc2Cl)cc1Cl. The van der Waals surface area contributed by atoms with E-state index in [2.05, 4.69) is 4.72 Å². The van der Waals surface area contributed by atoms with Crippen LogP contribution in [0.25, 0.3) is 0 Å². The van der Waals surface area contributed by atoms with Crippen LogP contribution in [0.3, 0.4) is 0 Å². The Morgan fingerprint density at radius 3 is 2.46 bits per heavy atom. The molecule has 3 rings (SSSR count). The van der Waals surface area contributed by atoms with Crippen LogP contribution in [0.4, 0.5) is 11.4 Å². The molecule has 0 radical (unpaired) electrons. The number of sulfonamides is 1. The molecule has 1 amide bonds. The normalized spacial score (nSPS) is 15.1. The van der Waals surface area contributed by atoms with Crippen molar-refractivity contribution in [2.45, 2.75) is 17.7 Å². The molecule has 2 heterocycles. The fourth-order valence-electron chi connectivity index (χ4n) is 2.41. The molecule has 128 valence electrons. The summed E-state index contributed by atoms with van der Waals surface area (Å²) in [6, 6.07) is 5.91. The monoisotopic (exact) mass is 424 g/mol. The minimum Gasteiger partial charge on any atom is -0.311 e. The van der Waals surface area contributed by atoms with Gasteiger partial charge >= 0.3 is 0 Å². The molecule has 0 saturated carbocycles. The summed E-state index contributed by atoms with van der Waals surface area (Å²) in [5.74, 6) is 0.00456. The van der Waals surface area contributed by atoms with Gasteiger partial charge in [0.1, 0.15) is 9.23 Å². The Kier molecular flexibility index (Phi) is 4.99. The molecule has 5 nitrogen and oxygen atoms in total. The molecule has 0 aliphatic carbocycles. The molecule has 0 bridgehead atoms. The van der Waals surface area contributed by atoms with E-state index in [0.29, 0.717) is 23.7 Å². The highest BCUT2D eigenvalue weighted by atomic mass is 35.5. The molecule has 1 aliphatic heterocycles. The minimum absolute atomic E-state index is 0.00456. The summed E-state index contributed by atoms with van der Waals surface area (Å²) < 4.78 is 27.5. The van der Waals surface area contributed by atoms with Gasteiger partial charge in [-0.05, 0) is 30.7 Å². The smallest absolute Gasteiger partial charge is 0.264 e. The Morgan fingerprint density at radius 1 is 1.17 bits per heavy atom. The lowest BCUT2D eigenvalue weighted by Crippen LogP contribution is -2.24. The van der Waals surface area contributed by atoms with Crippen LogP contribution in [-0.2, 0) is 14.8 Å². The Morgan fingerprint density at radius 2 is 1.92 bits per heavy atom. The van der Waals surface area contributed by atoms with Crippen LogP contribution in [0.15, 0.2) is 29.2 Å². The first kappa shape index (κ1) is 17.8. The predicted molar refractivity (Wildman–Crippen MR) is 98.2 cm³/mol. The molecule has 0 atom stereocenters. The average Bonchev–Trinajstić information content (AvgIpc) is 3.05. The second kappa shape index (κ2) is 6.72. The average molecular weight is 426 g/mol. The number of halogens is 3. The molecule has 10 heteroatoms. The molecule has 2 aromatic rings. The number of thiophene rings is 1. The molecule has 0 unspecified atom stereocenters. The van der Waals surface area contributed by atoms with Crippen LogP contribution in [0.2, 0.25) is 13.7 Å². The van der Waals surface area contributed by atoms with Gasteiger partial charge in [0, 0.05) is 13.0 Å². The van der Waals surface area contributed by atoms with Crippen molar-refractivity contribution in [3.63, 3.8) is 0 Å². The van der Waals surface area contributed by atoms with Crippen LogP contribution in [0.5, 0.6) is 0 Å². The first-order valence-electron chi connectivity index (χ1n) is 6.85. The van der Waals surface area contributed by atoms with E-state index in [1.165, 1.54) is 12.1 Å². The Labute approximate surface area is 158 Å². The van der Waals surface area contributed by atoms with Gasteiger partial charge in [-0.2, -0.15) is 0 Å². The van der Waals surface area contributed by atoms with E-state index in [-0.39, 0.29) is 25.2 Å². The lowest BCUT2D eigenvalue weighted by atomic mass is 10.2.